The molecule has 0 saturated carbocycles. The van der Waals surface area contributed by atoms with E-state index in [4.69, 9.17) is 17.0 Å². The molecule has 1 saturated heterocycles. The van der Waals surface area contributed by atoms with Gasteiger partial charge in [0, 0.05) is 35.0 Å². The molecule has 0 spiro atoms. The molecule has 10 heteroatoms. The van der Waals surface area contributed by atoms with Crippen molar-refractivity contribution in [1.82, 2.24) is 14.9 Å². The van der Waals surface area contributed by atoms with Gasteiger partial charge >= 0.3 is 0 Å². The number of aromatic nitrogens is 2. The van der Waals surface area contributed by atoms with Crippen LogP contribution in [-0.2, 0) is 10.0 Å². The first-order chi connectivity index (χ1) is 18.6. The van der Waals surface area contributed by atoms with Crippen molar-refractivity contribution in [3.63, 3.8) is 0 Å². The normalized spacial score (nSPS) is 17.3. The second-order valence-corrected chi connectivity index (χ2v) is 11.9. The Hall–Kier alpha value is -3.89. The van der Waals surface area contributed by atoms with Crippen LogP contribution in [0.25, 0.3) is 5.69 Å². The van der Waals surface area contributed by atoms with Gasteiger partial charge in [-0.25, -0.2) is 8.42 Å². The van der Waals surface area contributed by atoms with Gasteiger partial charge in [0.15, 0.2) is 5.11 Å². The summed E-state index contributed by atoms with van der Waals surface area (Å²) in [6.07, 6.45) is 2.89. The number of methoxy groups -OCH3 is 1. The van der Waals surface area contributed by atoms with Crippen LogP contribution in [0.3, 0.4) is 0 Å². The number of sulfonamides is 1. The lowest BCUT2D eigenvalue weighted by molar-refractivity contribution is 0.417. The fourth-order valence-corrected chi connectivity index (χ4v) is 6.23. The van der Waals surface area contributed by atoms with E-state index < -0.39 is 10.0 Å². The van der Waals surface area contributed by atoms with E-state index >= 15 is 0 Å². The van der Waals surface area contributed by atoms with Gasteiger partial charge < -0.3 is 19.5 Å². The van der Waals surface area contributed by atoms with Gasteiger partial charge in [0.1, 0.15) is 5.75 Å². The van der Waals surface area contributed by atoms with Crippen LogP contribution in [0.2, 0.25) is 0 Å². The SMILES string of the molecule is COc1cc(N2C(=S)N[C@@H](c3ccccn3)[C@@H]2c2cc(C)n(-c3cccc(C)c3)c2C)ccc1NS(C)(=O)=O. The molecule has 1 aliphatic rings. The Labute approximate surface area is 234 Å². The third-order valence-corrected chi connectivity index (χ3v) is 7.81. The molecule has 4 aromatic rings. The van der Waals surface area contributed by atoms with Crippen molar-refractivity contribution in [2.45, 2.75) is 32.9 Å². The highest BCUT2D eigenvalue weighted by atomic mass is 32.2. The Morgan fingerprint density at radius 2 is 1.79 bits per heavy atom. The fraction of sp³-hybridized carbons (Fsp3) is 0.241. The Balaban J connectivity index is 1.67. The molecule has 2 N–H and O–H groups in total. The summed E-state index contributed by atoms with van der Waals surface area (Å²) in [7, 11) is -1.97. The predicted molar refractivity (Wildman–Crippen MR) is 159 cm³/mol. The number of pyridine rings is 1. The van der Waals surface area contributed by atoms with E-state index in [0.717, 1.165) is 40.3 Å². The summed E-state index contributed by atoms with van der Waals surface area (Å²) in [4.78, 5) is 6.72. The van der Waals surface area contributed by atoms with Gasteiger partial charge in [-0.05, 0) is 86.6 Å². The zero-order chi connectivity index (χ0) is 27.9. The number of hydrogen-bond acceptors (Lipinski definition) is 5. The van der Waals surface area contributed by atoms with Crippen molar-refractivity contribution in [2.75, 3.05) is 23.0 Å². The molecule has 5 rings (SSSR count). The maximum Gasteiger partial charge on any atom is 0.229 e. The Bertz CT molecular complexity index is 1650. The number of nitrogens with one attached hydrogen (secondary N) is 2. The van der Waals surface area contributed by atoms with Gasteiger partial charge in [0.05, 0.1) is 36.8 Å². The highest BCUT2D eigenvalue weighted by molar-refractivity contribution is 7.92. The summed E-state index contributed by atoms with van der Waals surface area (Å²) >= 11 is 5.90. The Kier molecular flexibility index (Phi) is 7.09. The summed E-state index contributed by atoms with van der Waals surface area (Å²) in [5.74, 6) is 0.394. The van der Waals surface area contributed by atoms with Crippen molar-refractivity contribution < 1.29 is 13.2 Å². The van der Waals surface area contributed by atoms with E-state index in [2.05, 4.69) is 75.6 Å². The topological polar surface area (TPSA) is 88.5 Å². The molecule has 0 unspecified atom stereocenters. The van der Waals surface area contributed by atoms with Gasteiger partial charge in [-0.1, -0.05) is 18.2 Å². The number of rotatable bonds is 7. The maximum atomic E-state index is 11.9. The smallest absolute Gasteiger partial charge is 0.229 e. The third-order valence-electron chi connectivity index (χ3n) is 6.91. The molecule has 202 valence electrons. The zero-order valence-corrected chi connectivity index (χ0v) is 24.1. The molecule has 1 aliphatic heterocycles. The lowest BCUT2D eigenvalue weighted by Crippen LogP contribution is -2.29. The van der Waals surface area contributed by atoms with E-state index in [1.807, 2.05) is 24.3 Å². The number of anilines is 2. The van der Waals surface area contributed by atoms with Gasteiger partial charge in [-0.3, -0.25) is 9.71 Å². The second kappa shape index (κ2) is 10.3. The molecule has 3 heterocycles. The van der Waals surface area contributed by atoms with Crippen LogP contribution < -0.4 is 19.7 Å². The first-order valence-electron chi connectivity index (χ1n) is 12.5. The highest BCUT2D eigenvalue weighted by Gasteiger charge is 2.42. The summed E-state index contributed by atoms with van der Waals surface area (Å²) in [6, 6.07) is 21.4. The number of benzene rings is 2. The molecular formula is C29H31N5O3S2. The molecule has 1 fully saturated rings. The summed E-state index contributed by atoms with van der Waals surface area (Å²) < 4.78 is 34.1. The number of thiocarbonyl (C=S) groups is 1. The molecular weight excluding hydrogens is 530 g/mol. The van der Waals surface area contributed by atoms with E-state index in [9.17, 15) is 8.42 Å². The highest BCUT2D eigenvalue weighted by Crippen LogP contribution is 2.45. The molecule has 8 nitrogen and oxygen atoms in total. The van der Waals surface area contributed by atoms with Gasteiger partial charge in [-0.15, -0.1) is 0 Å². The van der Waals surface area contributed by atoms with Crippen LogP contribution in [0.4, 0.5) is 11.4 Å². The minimum absolute atomic E-state index is 0.218. The number of nitrogens with zero attached hydrogens (tertiary/aromatic N) is 3. The first kappa shape index (κ1) is 26.7. The molecule has 0 aliphatic carbocycles. The van der Waals surface area contributed by atoms with Crippen molar-refractivity contribution in [3.05, 3.63) is 101 Å². The first-order valence-corrected chi connectivity index (χ1v) is 14.8. The second-order valence-electron chi connectivity index (χ2n) is 9.76. The van der Waals surface area contributed by atoms with E-state index in [0.29, 0.717) is 16.5 Å². The molecule has 39 heavy (non-hydrogen) atoms. The van der Waals surface area contributed by atoms with Crippen LogP contribution in [0.15, 0.2) is 72.9 Å². The minimum Gasteiger partial charge on any atom is -0.494 e. The Morgan fingerprint density at radius 3 is 2.46 bits per heavy atom. The van der Waals surface area contributed by atoms with E-state index in [1.165, 1.54) is 12.7 Å². The molecule has 0 radical (unpaired) electrons. The quantitative estimate of drug-likeness (QED) is 0.294. The molecule has 0 amide bonds. The van der Waals surface area contributed by atoms with Crippen molar-refractivity contribution >= 4 is 38.7 Å². The average molecular weight is 562 g/mol. The molecule has 0 bridgehead atoms. The third kappa shape index (κ3) is 5.22. The standard InChI is InChI=1S/C29H31N5O3S2/c1-18-9-8-10-21(15-18)33-19(2)16-23(20(33)3)28-27(25-11-6-7-14-30-25)31-29(38)34(28)22-12-13-24(26(17-22)37-4)32-39(5,35)36/h6-17,27-28,32H,1-5H3,(H,31,38)/t27-,28-/m0/s1. The number of hydrogen-bond donors (Lipinski definition) is 2. The van der Waals surface area contributed by atoms with Crippen LogP contribution in [-0.4, -0.2) is 36.4 Å². The minimum atomic E-state index is -3.48. The number of ether oxygens (including phenoxy) is 1. The molecule has 2 aromatic heterocycles. The Morgan fingerprint density at radius 1 is 1.00 bits per heavy atom. The van der Waals surface area contributed by atoms with E-state index in [1.54, 1.807) is 18.3 Å². The molecule has 2 aromatic carbocycles. The van der Waals surface area contributed by atoms with Crippen molar-refractivity contribution in [3.8, 4) is 11.4 Å². The molecule has 2 atom stereocenters. The number of aryl methyl sites for hydroxylation is 2. The monoisotopic (exact) mass is 561 g/mol. The van der Waals surface area contributed by atoms with E-state index in [-0.39, 0.29) is 12.1 Å². The van der Waals surface area contributed by atoms with Crippen LogP contribution in [0.1, 0.15) is 40.3 Å². The summed E-state index contributed by atoms with van der Waals surface area (Å²) in [5.41, 5.74) is 7.60. The average Bonchev–Trinajstić information content (AvgIpc) is 3.38. The summed E-state index contributed by atoms with van der Waals surface area (Å²) in [6.45, 7) is 6.32. The van der Waals surface area contributed by atoms with Crippen molar-refractivity contribution in [1.29, 1.82) is 0 Å². The largest absolute Gasteiger partial charge is 0.494 e. The summed E-state index contributed by atoms with van der Waals surface area (Å²) in [5, 5.41) is 4.04. The van der Waals surface area contributed by atoms with Crippen LogP contribution in [0.5, 0.6) is 5.75 Å². The zero-order valence-electron chi connectivity index (χ0n) is 22.5. The lowest BCUT2D eigenvalue weighted by Gasteiger charge is -2.29. The fourth-order valence-electron chi connectivity index (χ4n) is 5.31. The van der Waals surface area contributed by atoms with Gasteiger partial charge in [0.2, 0.25) is 10.0 Å². The van der Waals surface area contributed by atoms with Crippen LogP contribution >= 0.6 is 12.2 Å². The maximum absolute atomic E-state index is 11.9. The van der Waals surface area contributed by atoms with Crippen LogP contribution in [0, 0.1) is 20.8 Å². The predicted octanol–water partition coefficient (Wildman–Crippen LogP) is 5.35. The lowest BCUT2D eigenvalue weighted by atomic mass is 9.96. The van der Waals surface area contributed by atoms with Gasteiger partial charge in [0.25, 0.3) is 0 Å². The van der Waals surface area contributed by atoms with Gasteiger partial charge in [-0.2, -0.15) is 0 Å². The van der Waals surface area contributed by atoms with Crippen molar-refractivity contribution in [2.24, 2.45) is 0 Å².